The van der Waals surface area contributed by atoms with Crippen molar-refractivity contribution in [3.05, 3.63) is 59.5 Å². The van der Waals surface area contributed by atoms with Crippen molar-refractivity contribution >= 4 is 34.0 Å². The Labute approximate surface area is 162 Å². The molecule has 0 bridgehead atoms. The molecular formula is C21H20ClN3O2. The monoisotopic (exact) mass is 381 g/mol. The second-order valence-electron chi connectivity index (χ2n) is 6.83. The number of nitrogens with one attached hydrogen (secondary N) is 1. The molecule has 1 fully saturated rings. The van der Waals surface area contributed by atoms with Gasteiger partial charge in [0.15, 0.2) is 0 Å². The minimum absolute atomic E-state index is 0.280. The number of anilines is 1. The van der Waals surface area contributed by atoms with E-state index in [-0.39, 0.29) is 5.91 Å². The van der Waals surface area contributed by atoms with Crippen LogP contribution in [0.5, 0.6) is 5.88 Å². The third-order valence-corrected chi connectivity index (χ3v) is 5.10. The summed E-state index contributed by atoms with van der Waals surface area (Å²) in [6, 6.07) is 10.8. The molecule has 1 aromatic carbocycles. The average molecular weight is 382 g/mol. The lowest BCUT2D eigenvalue weighted by molar-refractivity contribution is 0.102. The maximum Gasteiger partial charge on any atom is 0.274 e. The van der Waals surface area contributed by atoms with Crippen LogP contribution in [0.2, 0.25) is 5.02 Å². The fraction of sp³-hybridized carbons (Fsp3) is 0.286. The van der Waals surface area contributed by atoms with Gasteiger partial charge in [-0.15, -0.1) is 0 Å². The van der Waals surface area contributed by atoms with Gasteiger partial charge in [0.1, 0.15) is 5.69 Å². The van der Waals surface area contributed by atoms with Crippen LogP contribution in [-0.4, -0.2) is 22.5 Å². The molecule has 1 amide bonds. The zero-order chi connectivity index (χ0) is 18.6. The van der Waals surface area contributed by atoms with Gasteiger partial charge in [-0.2, -0.15) is 0 Å². The maximum absolute atomic E-state index is 12.3. The predicted molar refractivity (Wildman–Crippen MR) is 106 cm³/mol. The molecule has 0 saturated heterocycles. The standard InChI is InChI=1S/C21H20ClN3O2/c22-16-5-8-19(24-12-16)20(26)25-17-6-7-18-15(11-17)9-10-23-21(18)27-13-14-3-1-2-4-14/h5-12,14H,1-4,13H2,(H,25,26). The molecule has 5 nitrogen and oxygen atoms in total. The molecule has 6 heteroatoms. The third kappa shape index (κ3) is 4.19. The van der Waals surface area contributed by atoms with Crippen LogP contribution in [0.4, 0.5) is 5.69 Å². The summed E-state index contributed by atoms with van der Waals surface area (Å²) in [5, 5.41) is 5.26. The Morgan fingerprint density at radius 3 is 2.78 bits per heavy atom. The van der Waals surface area contributed by atoms with Gasteiger partial charge >= 0.3 is 0 Å². The van der Waals surface area contributed by atoms with Gasteiger partial charge in [0, 0.05) is 23.5 Å². The van der Waals surface area contributed by atoms with E-state index in [1.165, 1.54) is 31.9 Å². The fourth-order valence-electron chi connectivity index (χ4n) is 3.42. The zero-order valence-corrected chi connectivity index (χ0v) is 15.6. The number of fused-ring (bicyclic) bond motifs is 1. The van der Waals surface area contributed by atoms with Crippen LogP contribution in [0, 0.1) is 5.92 Å². The highest BCUT2D eigenvalue weighted by Gasteiger charge is 2.16. The normalized spacial score (nSPS) is 14.4. The van der Waals surface area contributed by atoms with Crippen LogP contribution in [0.15, 0.2) is 48.8 Å². The van der Waals surface area contributed by atoms with Crippen molar-refractivity contribution in [3.8, 4) is 5.88 Å². The number of hydrogen-bond donors (Lipinski definition) is 1. The Morgan fingerprint density at radius 2 is 2.00 bits per heavy atom. The summed E-state index contributed by atoms with van der Waals surface area (Å²) in [6.45, 7) is 0.715. The molecule has 1 aliphatic carbocycles. The van der Waals surface area contributed by atoms with Crippen LogP contribution in [0.3, 0.4) is 0 Å². The van der Waals surface area contributed by atoms with Gasteiger partial charge in [0.2, 0.25) is 5.88 Å². The summed E-state index contributed by atoms with van der Waals surface area (Å²) in [7, 11) is 0. The van der Waals surface area contributed by atoms with E-state index in [1.807, 2.05) is 24.3 Å². The van der Waals surface area contributed by atoms with Crippen molar-refractivity contribution in [2.24, 2.45) is 5.92 Å². The average Bonchev–Trinajstić information content (AvgIpc) is 3.20. The van der Waals surface area contributed by atoms with Crippen LogP contribution in [0.25, 0.3) is 10.8 Å². The number of rotatable bonds is 5. The van der Waals surface area contributed by atoms with Crippen molar-refractivity contribution in [3.63, 3.8) is 0 Å². The van der Waals surface area contributed by atoms with E-state index in [0.29, 0.717) is 34.8 Å². The Balaban J connectivity index is 1.50. The molecule has 0 radical (unpaired) electrons. The highest BCUT2D eigenvalue weighted by atomic mass is 35.5. The summed E-state index contributed by atoms with van der Waals surface area (Å²) >= 11 is 5.81. The predicted octanol–water partition coefficient (Wildman–Crippen LogP) is 5.10. The second kappa shape index (κ2) is 7.92. The molecule has 27 heavy (non-hydrogen) atoms. The molecule has 2 heterocycles. The largest absolute Gasteiger partial charge is 0.477 e. The Bertz CT molecular complexity index is 953. The van der Waals surface area contributed by atoms with Crippen LogP contribution in [-0.2, 0) is 0 Å². The van der Waals surface area contributed by atoms with Gasteiger partial charge in [0.05, 0.1) is 11.6 Å². The zero-order valence-electron chi connectivity index (χ0n) is 14.8. The van der Waals surface area contributed by atoms with Gasteiger partial charge in [-0.1, -0.05) is 24.4 Å². The van der Waals surface area contributed by atoms with E-state index < -0.39 is 0 Å². The number of amides is 1. The first-order valence-corrected chi connectivity index (χ1v) is 9.51. The molecule has 1 aliphatic rings. The van der Waals surface area contributed by atoms with Crippen molar-refractivity contribution in [2.75, 3.05) is 11.9 Å². The second-order valence-corrected chi connectivity index (χ2v) is 7.27. The van der Waals surface area contributed by atoms with E-state index in [9.17, 15) is 4.79 Å². The smallest absolute Gasteiger partial charge is 0.274 e. The van der Waals surface area contributed by atoms with Gasteiger partial charge in [-0.05, 0) is 60.5 Å². The van der Waals surface area contributed by atoms with Gasteiger partial charge in [-0.3, -0.25) is 4.79 Å². The quantitative estimate of drug-likeness (QED) is 0.667. The summed E-state index contributed by atoms with van der Waals surface area (Å²) < 4.78 is 5.98. The molecule has 0 aliphatic heterocycles. The maximum atomic E-state index is 12.3. The first kappa shape index (κ1) is 17.7. The lowest BCUT2D eigenvalue weighted by atomic mass is 10.1. The SMILES string of the molecule is O=C(Nc1ccc2c(OCC3CCCC3)nccc2c1)c1ccc(Cl)cn1. The molecule has 3 aromatic rings. The van der Waals surface area contributed by atoms with Gasteiger partial charge in [0.25, 0.3) is 5.91 Å². The van der Waals surface area contributed by atoms with Gasteiger partial charge < -0.3 is 10.1 Å². The molecule has 138 valence electrons. The Hall–Kier alpha value is -2.66. The number of aromatic nitrogens is 2. The molecule has 1 N–H and O–H groups in total. The summed E-state index contributed by atoms with van der Waals surface area (Å²) in [4.78, 5) is 20.7. The molecule has 0 spiro atoms. The number of carbonyl (C=O) groups excluding carboxylic acids is 1. The van der Waals surface area contributed by atoms with E-state index >= 15 is 0 Å². The molecule has 4 rings (SSSR count). The number of nitrogens with zero attached hydrogens (tertiary/aromatic N) is 2. The Kier molecular flexibility index (Phi) is 5.21. The first-order valence-electron chi connectivity index (χ1n) is 9.13. The minimum atomic E-state index is -0.280. The highest BCUT2D eigenvalue weighted by Crippen LogP contribution is 2.29. The van der Waals surface area contributed by atoms with E-state index in [0.717, 1.165) is 10.8 Å². The third-order valence-electron chi connectivity index (χ3n) is 4.88. The van der Waals surface area contributed by atoms with Crippen molar-refractivity contribution in [1.29, 1.82) is 0 Å². The fourth-order valence-corrected chi connectivity index (χ4v) is 3.53. The number of benzene rings is 1. The van der Waals surface area contributed by atoms with E-state index in [4.69, 9.17) is 16.3 Å². The molecule has 0 atom stereocenters. The number of carbonyl (C=O) groups is 1. The van der Waals surface area contributed by atoms with Gasteiger partial charge in [-0.25, -0.2) is 9.97 Å². The van der Waals surface area contributed by atoms with E-state index in [2.05, 4.69) is 15.3 Å². The summed E-state index contributed by atoms with van der Waals surface area (Å²) in [5.41, 5.74) is 1.01. The molecule has 1 saturated carbocycles. The number of ether oxygens (including phenoxy) is 1. The molecular weight excluding hydrogens is 362 g/mol. The van der Waals surface area contributed by atoms with Crippen LogP contribution in [0.1, 0.15) is 36.2 Å². The van der Waals surface area contributed by atoms with Crippen LogP contribution < -0.4 is 10.1 Å². The highest BCUT2D eigenvalue weighted by molar-refractivity contribution is 6.30. The minimum Gasteiger partial charge on any atom is -0.477 e. The summed E-state index contributed by atoms with van der Waals surface area (Å²) in [6.07, 6.45) is 8.25. The number of hydrogen-bond acceptors (Lipinski definition) is 4. The Morgan fingerprint density at radius 1 is 1.15 bits per heavy atom. The lowest BCUT2D eigenvalue weighted by Gasteiger charge is -2.13. The topological polar surface area (TPSA) is 64.1 Å². The number of halogens is 1. The summed E-state index contributed by atoms with van der Waals surface area (Å²) in [5.74, 6) is 1.00. The van der Waals surface area contributed by atoms with Crippen molar-refractivity contribution in [1.82, 2.24) is 9.97 Å². The first-order chi connectivity index (χ1) is 13.2. The lowest BCUT2D eigenvalue weighted by Crippen LogP contribution is -2.13. The van der Waals surface area contributed by atoms with Crippen LogP contribution >= 0.6 is 11.6 Å². The molecule has 0 unspecified atom stereocenters. The van der Waals surface area contributed by atoms with E-state index in [1.54, 1.807) is 18.3 Å². The molecule has 2 aromatic heterocycles. The number of pyridine rings is 2. The van der Waals surface area contributed by atoms with Crippen molar-refractivity contribution < 1.29 is 9.53 Å². The van der Waals surface area contributed by atoms with Crippen molar-refractivity contribution in [2.45, 2.75) is 25.7 Å².